The van der Waals surface area contributed by atoms with E-state index in [4.69, 9.17) is 22.9 Å². The highest BCUT2D eigenvalue weighted by Crippen LogP contribution is 2.16. The summed E-state index contributed by atoms with van der Waals surface area (Å²) in [5.74, 6) is -0.330. The highest BCUT2D eigenvalue weighted by atomic mass is 16.2. The first-order chi connectivity index (χ1) is 13.4. The molecule has 2 aromatic rings. The van der Waals surface area contributed by atoms with Crippen molar-refractivity contribution < 1.29 is 9.59 Å². The number of nitrogens with two attached hydrogens (primary N) is 4. The van der Waals surface area contributed by atoms with E-state index < -0.39 is 0 Å². The zero-order chi connectivity index (χ0) is 20.5. The summed E-state index contributed by atoms with van der Waals surface area (Å²) in [5, 5.41) is 5.72. The van der Waals surface area contributed by atoms with Gasteiger partial charge in [0, 0.05) is 24.2 Å². The second kappa shape index (κ2) is 10.1. The topological polar surface area (TPSA) is 162 Å². The van der Waals surface area contributed by atoms with Gasteiger partial charge in [0.05, 0.1) is 22.7 Å². The van der Waals surface area contributed by atoms with E-state index in [0.29, 0.717) is 47.0 Å². The molecule has 0 radical (unpaired) electrons. The number of rotatable bonds is 9. The Hall–Kier alpha value is -3.42. The lowest BCUT2D eigenvalue weighted by Gasteiger charge is -2.08. The molecule has 150 valence electrons. The van der Waals surface area contributed by atoms with Crippen molar-refractivity contribution in [3.8, 4) is 0 Å². The van der Waals surface area contributed by atoms with E-state index >= 15 is 0 Å². The van der Waals surface area contributed by atoms with Crippen LogP contribution in [0.2, 0.25) is 0 Å². The molecule has 0 aliphatic heterocycles. The predicted octanol–water partition coefficient (Wildman–Crippen LogP) is 1.74. The summed E-state index contributed by atoms with van der Waals surface area (Å²) in [6.07, 6.45) is 3.63. The van der Waals surface area contributed by atoms with Crippen molar-refractivity contribution in [2.45, 2.75) is 25.7 Å². The third-order valence-electron chi connectivity index (χ3n) is 4.37. The lowest BCUT2D eigenvalue weighted by molar-refractivity contribution is 0.0943. The van der Waals surface area contributed by atoms with Gasteiger partial charge in [-0.25, -0.2) is 0 Å². The van der Waals surface area contributed by atoms with E-state index in [1.807, 2.05) is 0 Å². The maximum atomic E-state index is 12.0. The molecule has 8 heteroatoms. The molecule has 28 heavy (non-hydrogen) atoms. The van der Waals surface area contributed by atoms with Crippen LogP contribution in [-0.2, 0) is 0 Å². The number of carbonyl (C=O) groups is 2. The lowest BCUT2D eigenvalue weighted by Crippen LogP contribution is -2.25. The second-order valence-corrected chi connectivity index (χ2v) is 6.61. The molecule has 8 nitrogen and oxygen atoms in total. The molecule has 0 aromatic heterocycles. The molecule has 10 N–H and O–H groups in total. The summed E-state index contributed by atoms with van der Waals surface area (Å²) >= 11 is 0. The van der Waals surface area contributed by atoms with Crippen LogP contribution in [0.25, 0.3) is 0 Å². The largest absolute Gasteiger partial charge is 0.397 e. The number of carbonyl (C=O) groups excluding carboxylic acids is 2. The minimum atomic E-state index is -0.165. The molecule has 0 aliphatic carbocycles. The number of benzene rings is 2. The van der Waals surface area contributed by atoms with Gasteiger partial charge in [0.1, 0.15) is 0 Å². The van der Waals surface area contributed by atoms with Gasteiger partial charge >= 0.3 is 0 Å². The van der Waals surface area contributed by atoms with Crippen LogP contribution in [0.4, 0.5) is 22.7 Å². The summed E-state index contributed by atoms with van der Waals surface area (Å²) in [6.45, 7) is 1.17. The van der Waals surface area contributed by atoms with Crippen LogP contribution in [0.3, 0.4) is 0 Å². The first-order valence-electron chi connectivity index (χ1n) is 9.25. The second-order valence-electron chi connectivity index (χ2n) is 6.61. The van der Waals surface area contributed by atoms with Crippen molar-refractivity contribution in [2.75, 3.05) is 36.0 Å². The zero-order valence-corrected chi connectivity index (χ0v) is 15.8. The molecule has 2 rings (SSSR count). The fourth-order valence-corrected chi connectivity index (χ4v) is 2.64. The smallest absolute Gasteiger partial charge is 0.251 e. The van der Waals surface area contributed by atoms with Gasteiger partial charge in [0.15, 0.2) is 0 Å². The maximum absolute atomic E-state index is 12.0. The molecule has 0 saturated carbocycles. The molecule has 0 bridgehead atoms. The van der Waals surface area contributed by atoms with Gasteiger partial charge in [-0.1, -0.05) is 12.8 Å². The summed E-state index contributed by atoms with van der Waals surface area (Å²) in [5.41, 5.74) is 25.4. The highest BCUT2D eigenvalue weighted by Gasteiger charge is 2.07. The van der Waals surface area contributed by atoms with Crippen LogP contribution in [0, 0.1) is 0 Å². The zero-order valence-electron chi connectivity index (χ0n) is 15.8. The molecule has 0 fully saturated rings. The van der Waals surface area contributed by atoms with E-state index in [1.54, 1.807) is 36.4 Å². The Kier molecular flexibility index (Phi) is 7.50. The SMILES string of the molecule is Nc1ccc(C(=O)NCCCCCCNC(=O)c2ccc(N)c(N)c2)cc1N. The first kappa shape index (κ1) is 20.9. The fraction of sp³-hybridized carbons (Fsp3) is 0.300. The molecular formula is C20H28N6O2. The van der Waals surface area contributed by atoms with Crippen molar-refractivity contribution in [3.63, 3.8) is 0 Å². The number of nitrogen functional groups attached to an aromatic ring is 4. The van der Waals surface area contributed by atoms with Gasteiger partial charge in [0.25, 0.3) is 11.8 Å². The van der Waals surface area contributed by atoms with Crippen LogP contribution in [0.5, 0.6) is 0 Å². The third-order valence-corrected chi connectivity index (χ3v) is 4.37. The van der Waals surface area contributed by atoms with Gasteiger partial charge in [0.2, 0.25) is 0 Å². The molecule has 0 aliphatic rings. The van der Waals surface area contributed by atoms with Crippen molar-refractivity contribution in [1.82, 2.24) is 10.6 Å². The van der Waals surface area contributed by atoms with Crippen molar-refractivity contribution in [3.05, 3.63) is 47.5 Å². The van der Waals surface area contributed by atoms with Gasteiger partial charge < -0.3 is 33.6 Å². The van der Waals surface area contributed by atoms with E-state index in [-0.39, 0.29) is 11.8 Å². The van der Waals surface area contributed by atoms with Crippen LogP contribution in [0.15, 0.2) is 36.4 Å². The summed E-state index contributed by atoms with van der Waals surface area (Å²) in [7, 11) is 0. The third kappa shape index (κ3) is 6.08. The molecule has 0 spiro atoms. The Morgan fingerprint density at radius 2 is 1.00 bits per heavy atom. The van der Waals surface area contributed by atoms with E-state index in [2.05, 4.69) is 10.6 Å². The number of amides is 2. The molecule has 0 unspecified atom stereocenters. The van der Waals surface area contributed by atoms with Crippen LogP contribution in [0.1, 0.15) is 46.4 Å². The normalized spacial score (nSPS) is 10.4. The van der Waals surface area contributed by atoms with Crippen molar-refractivity contribution in [2.24, 2.45) is 0 Å². The van der Waals surface area contributed by atoms with E-state index in [0.717, 1.165) is 25.7 Å². The van der Waals surface area contributed by atoms with Gasteiger partial charge in [-0.2, -0.15) is 0 Å². The van der Waals surface area contributed by atoms with Gasteiger partial charge in [-0.3, -0.25) is 9.59 Å². The number of unbranched alkanes of at least 4 members (excludes halogenated alkanes) is 3. The van der Waals surface area contributed by atoms with Gasteiger partial charge in [-0.05, 0) is 49.2 Å². The molecule has 2 aromatic carbocycles. The standard InChI is InChI=1S/C20H28N6O2/c21-15-7-5-13(11-17(15)23)19(27)25-9-3-1-2-4-10-26-20(28)14-6-8-16(22)18(24)12-14/h5-8,11-12H,1-4,9-10,21-24H2,(H,25,27)(H,26,28). The maximum Gasteiger partial charge on any atom is 0.251 e. The van der Waals surface area contributed by atoms with Crippen LogP contribution >= 0.6 is 0 Å². The Morgan fingerprint density at radius 1 is 0.607 bits per heavy atom. The number of nitrogens with one attached hydrogen (secondary N) is 2. The van der Waals surface area contributed by atoms with Crippen molar-refractivity contribution >= 4 is 34.6 Å². The molecular weight excluding hydrogens is 356 g/mol. The molecule has 0 heterocycles. The predicted molar refractivity (Wildman–Crippen MR) is 114 cm³/mol. The van der Waals surface area contributed by atoms with Crippen molar-refractivity contribution in [1.29, 1.82) is 0 Å². The average Bonchev–Trinajstić information content (AvgIpc) is 2.67. The fourth-order valence-electron chi connectivity index (χ4n) is 2.64. The van der Waals surface area contributed by atoms with E-state index in [9.17, 15) is 9.59 Å². The quantitative estimate of drug-likeness (QED) is 0.285. The molecule has 0 atom stereocenters. The minimum absolute atomic E-state index is 0.165. The average molecular weight is 384 g/mol. The van der Waals surface area contributed by atoms with E-state index in [1.165, 1.54) is 0 Å². The number of anilines is 4. The van der Waals surface area contributed by atoms with Crippen LogP contribution in [-0.4, -0.2) is 24.9 Å². The Balaban J connectivity index is 1.56. The number of hydrogen-bond acceptors (Lipinski definition) is 6. The monoisotopic (exact) mass is 384 g/mol. The summed E-state index contributed by atoms with van der Waals surface area (Å²) < 4.78 is 0. The number of hydrogen-bond donors (Lipinski definition) is 6. The molecule has 0 saturated heterocycles. The highest BCUT2D eigenvalue weighted by molar-refractivity contribution is 5.96. The Bertz CT molecular complexity index is 768. The minimum Gasteiger partial charge on any atom is -0.397 e. The Labute approximate surface area is 164 Å². The first-order valence-corrected chi connectivity index (χ1v) is 9.25. The molecule has 2 amide bonds. The van der Waals surface area contributed by atoms with Gasteiger partial charge in [-0.15, -0.1) is 0 Å². The Morgan fingerprint density at radius 3 is 1.36 bits per heavy atom. The van der Waals surface area contributed by atoms with Crippen LogP contribution < -0.4 is 33.6 Å². The summed E-state index contributed by atoms with van der Waals surface area (Å²) in [6, 6.07) is 9.69. The lowest BCUT2D eigenvalue weighted by atomic mass is 10.1. The summed E-state index contributed by atoms with van der Waals surface area (Å²) in [4.78, 5) is 24.1.